The van der Waals surface area contributed by atoms with E-state index in [-0.39, 0.29) is 5.41 Å². The van der Waals surface area contributed by atoms with Crippen LogP contribution in [0.2, 0.25) is 0 Å². The highest BCUT2D eigenvalue weighted by atomic mass is 16.1. The highest BCUT2D eigenvalue weighted by molar-refractivity contribution is 6.04. The molecule has 0 atom stereocenters. The molecule has 2 bridgehead atoms. The number of carbonyl (C=O) groups is 1. The summed E-state index contributed by atoms with van der Waals surface area (Å²) in [6, 6.07) is 4.59. The first-order chi connectivity index (χ1) is 12.6. The summed E-state index contributed by atoms with van der Waals surface area (Å²) in [7, 11) is 0. The molecule has 2 aliphatic rings. The Hall–Kier alpha value is -2.35. The molecular weight excluding hydrogens is 330 g/mol. The van der Waals surface area contributed by atoms with Crippen LogP contribution >= 0.6 is 0 Å². The molecular formula is C25H28NO. The lowest BCUT2D eigenvalue weighted by Gasteiger charge is -2.24. The van der Waals surface area contributed by atoms with Crippen LogP contribution in [0.4, 0.5) is 0 Å². The topological polar surface area (TPSA) is 40.9 Å². The molecule has 0 aromatic heterocycles. The maximum atomic E-state index is 12.4. The molecule has 2 aromatic carbocycles. The molecule has 2 aromatic rings. The minimum absolute atomic E-state index is 0.0314. The van der Waals surface area contributed by atoms with Gasteiger partial charge in [-0.3, -0.25) is 10.5 Å². The molecule has 0 aliphatic heterocycles. The van der Waals surface area contributed by atoms with Crippen LogP contribution in [0.5, 0.6) is 0 Å². The Kier molecular flexibility index (Phi) is 3.89. The molecule has 0 saturated heterocycles. The second-order valence-corrected chi connectivity index (χ2v) is 9.30. The van der Waals surface area contributed by atoms with E-state index in [1.807, 2.05) is 0 Å². The standard InChI is InChI=1S/C25H28NO/c1-13-9-16-11-17(25(4,5)6)12-21(20(16)10-13)22-15(3)18-7-8-19(14(18)2)23(22)24(26)27/h9,11-12,26H,7-8,10H2,1-6H3. The third-order valence-corrected chi connectivity index (χ3v) is 6.41. The lowest BCUT2D eigenvalue weighted by atomic mass is 9.80. The van der Waals surface area contributed by atoms with E-state index in [9.17, 15) is 4.79 Å². The lowest BCUT2D eigenvalue weighted by molar-refractivity contribution is 0.0992. The van der Waals surface area contributed by atoms with E-state index in [1.54, 1.807) is 0 Å². The average molecular weight is 359 g/mol. The molecule has 0 saturated carbocycles. The largest absolute Gasteiger partial charge is 0.270 e. The van der Waals surface area contributed by atoms with Crippen LogP contribution < -0.4 is 5.73 Å². The summed E-state index contributed by atoms with van der Waals surface area (Å²) >= 11 is 0. The van der Waals surface area contributed by atoms with Crippen molar-refractivity contribution in [1.29, 1.82) is 0 Å². The number of hydrogen-bond donors (Lipinski definition) is 0. The van der Waals surface area contributed by atoms with Gasteiger partial charge in [-0.1, -0.05) is 44.6 Å². The Balaban J connectivity index is 2.10. The lowest BCUT2D eigenvalue weighted by Crippen LogP contribution is -2.13. The van der Waals surface area contributed by atoms with Crippen molar-refractivity contribution >= 4 is 12.0 Å². The third-order valence-electron chi connectivity index (χ3n) is 6.41. The number of rotatable bonds is 2. The van der Waals surface area contributed by atoms with Crippen molar-refractivity contribution in [3.05, 3.63) is 62.2 Å². The van der Waals surface area contributed by atoms with Gasteiger partial charge in [0.25, 0.3) is 5.91 Å². The summed E-state index contributed by atoms with van der Waals surface area (Å²) in [5.74, 6) is -0.544. The molecule has 1 N–H and O–H groups in total. The second kappa shape index (κ2) is 5.82. The van der Waals surface area contributed by atoms with Gasteiger partial charge in [-0.2, -0.15) is 0 Å². The predicted octanol–water partition coefficient (Wildman–Crippen LogP) is 5.75. The van der Waals surface area contributed by atoms with Gasteiger partial charge in [-0.25, -0.2) is 0 Å². The van der Waals surface area contributed by atoms with Crippen molar-refractivity contribution in [2.45, 2.75) is 66.2 Å². The average Bonchev–Trinajstić information content (AvgIpc) is 3.07. The van der Waals surface area contributed by atoms with Crippen LogP contribution in [0.3, 0.4) is 0 Å². The number of nitrogens with one attached hydrogen (secondary N) is 1. The molecule has 0 unspecified atom stereocenters. The molecule has 1 radical (unpaired) electrons. The predicted molar refractivity (Wildman–Crippen MR) is 112 cm³/mol. The molecule has 2 aliphatic carbocycles. The molecule has 27 heavy (non-hydrogen) atoms. The molecule has 0 heterocycles. The van der Waals surface area contributed by atoms with Gasteiger partial charge in [0.05, 0.1) is 5.56 Å². The van der Waals surface area contributed by atoms with E-state index >= 15 is 0 Å². The SMILES string of the molecule is CC1=Cc2cc(C(C)(C)C)cc(-c3c(C)c4c(C)c(c3C([NH])=O)CC4)c2C1. The Bertz CT molecular complexity index is 1030. The monoisotopic (exact) mass is 358 g/mol. The number of carbonyl (C=O) groups excluding carboxylic acids is 1. The van der Waals surface area contributed by atoms with Crippen molar-refractivity contribution in [2.75, 3.05) is 0 Å². The van der Waals surface area contributed by atoms with Crippen molar-refractivity contribution < 1.29 is 4.79 Å². The minimum Gasteiger partial charge on any atom is -0.267 e. The molecule has 0 spiro atoms. The van der Waals surface area contributed by atoms with Crippen LogP contribution in [-0.2, 0) is 24.7 Å². The van der Waals surface area contributed by atoms with Crippen LogP contribution in [0.15, 0.2) is 17.7 Å². The Morgan fingerprint density at radius 2 is 1.63 bits per heavy atom. The fourth-order valence-electron chi connectivity index (χ4n) is 4.94. The summed E-state index contributed by atoms with van der Waals surface area (Å²) in [6.45, 7) is 13.1. The van der Waals surface area contributed by atoms with E-state index < -0.39 is 5.91 Å². The van der Waals surface area contributed by atoms with Crippen molar-refractivity contribution in [3.63, 3.8) is 0 Å². The maximum absolute atomic E-state index is 12.4. The van der Waals surface area contributed by atoms with Gasteiger partial charge >= 0.3 is 0 Å². The summed E-state index contributed by atoms with van der Waals surface area (Å²) < 4.78 is 0. The third kappa shape index (κ3) is 2.65. The maximum Gasteiger partial charge on any atom is 0.270 e. The second-order valence-electron chi connectivity index (χ2n) is 9.30. The van der Waals surface area contributed by atoms with E-state index in [1.165, 1.54) is 44.5 Å². The first-order valence-electron chi connectivity index (χ1n) is 9.85. The Labute approximate surface area is 162 Å². The molecule has 2 nitrogen and oxygen atoms in total. The van der Waals surface area contributed by atoms with Crippen molar-refractivity contribution in [1.82, 2.24) is 5.73 Å². The van der Waals surface area contributed by atoms with Crippen LogP contribution in [0.25, 0.3) is 17.2 Å². The van der Waals surface area contributed by atoms with Gasteiger partial charge in [-0.05, 0) is 95.5 Å². The van der Waals surface area contributed by atoms with Crippen LogP contribution in [-0.4, -0.2) is 5.91 Å². The van der Waals surface area contributed by atoms with E-state index in [0.29, 0.717) is 5.56 Å². The zero-order valence-electron chi connectivity index (χ0n) is 17.3. The Morgan fingerprint density at radius 3 is 2.26 bits per heavy atom. The van der Waals surface area contributed by atoms with Gasteiger partial charge in [0.15, 0.2) is 0 Å². The fourth-order valence-corrected chi connectivity index (χ4v) is 4.94. The van der Waals surface area contributed by atoms with Crippen LogP contribution in [0.1, 0.15) is 77.0 Å². The van der Waals surface area contributed by atoms with Gasteiger partial charge in [0.1, 0.15) is 0 Å². The first-order valence-corrected chi connectivity index (χ1v) is 9.85. The zero-order valence-corrected chi connectivity index (χ0v) is 17.3. The number of amides is 1. The number of fused-ring (bicyclic) bond motifs is 3. The minimum atomic E-state index is -0.544. The van der Waals surface area contributed by atoms with E-state index in [0.717, 1.165) is 30.4 Å². The Morgan fingerprint density at radius 1 is 0.963 bits per heavy atom. The number of allylic oxidation sites excluding steroid dienone is 1. The zero-order chi connectivity index (χ0) is 19.7. The van der Waals surface area contributed by atoms with E-state index in [2.05, 4.69) is 59.8 Å². The molecule has 4 rings (SSSR count). The highest BCUT2D eigenvalue weighted by Crippen LogP contribution is 2.45. The number of benzene rings is 2. The highest BCUT2D eigenvalue weighted by Gasteiger charge is 2.30. The molecule has 1 amide bonds. The number of hydrogen-bond acceptors (Lipinski definition) is 1. The van der Waals surface area contributed by atoms with Gasteiger partial charge in [0.2, 0.25) is 0 Å². The fraction of sp³-hybridized carbons (Fsp3) is 0.400. The summed E-state index contributed by atoms with van der Waals surface area (Å²) in [6.07, 6.45) is 5.09. The quantitative estimate of drug-likeness (QED) is 0.674. The smallest absolute Gasteiger partial charge is 0.267 e. The van der Waals surface area contributed by atoms with E-state index in [4.69, 9.17) is 5.73 Å². The van der Waals surface area contributed by atoms with Crippen LogP contribution in [0, 0.1) is 13.8 Å². The summed E-state index contributed by atoms with van der Waals surface area (Å²) in [5, 5.41) is 0. The normalized spacial score (nSPS) is 15.1. The van der Waals surface area contributed by atoms with Gasteiger partial charge in [-0.15, -0.1) is 0 Å². The molecule has 0 fully saturated rings. The summed E-state index contributed by atoms with van der Waals surface area (Å²) in [4.78, 5) is 12.4. The molecule has 2 heteroatoms. The van der Waals surface area contributed by atoms with Gasteiger partial charge < -0.3 is 0 Å². The van der Waals surface area contributed by atoms with Gasteiger partial charge in [0, 0.05) is 0 Å². The van der Waals surface area contributed by atoms with Crippen molar-refractivity contribution in [3.8, 4) is 11.1 Å². The molecule has 139 valence electrons. The summed E-state index contributed by atoms with van der Waals surface area (Å²) in [5.41, 5.74) is 21.0. The van der Waals surface area contributed by atoms with Crippen molar-refractivity contribution in [2.24, 2.45) is 0 Å². The first kappa shape index (κ1) is 18.0.